The number of nitrogens with zero attached hydrogens (tertiary/aromatic N) is 3. The molecule has 2 unspecified atom stereocenters. The molecule has 162 valence electrons. The first-order valence-electron chi connectivity index (χ1n) is 11.1. The Bertz CT molecular complexity index is 1060. The van der Waals surface area contributed by atoms with Crippen molar-refractivity contribution in [3.63, 3.8) is 0 Å². The highest BCUT2D eigenvalue weighted by Crippen LogP contribution is 2.51. The van der Waals surface area contributed by atoms with E-state index in [1.165, 1.54) is 37.5 Å². The van der Waals surface area contributed by atoms with E-state index < -0.39 is 10.0 Å². The van der Waals surface area contributed by atoms with Gasteiger partial charge < -0.3 is 11.1 Å². The third kappa shape index (κ3) is 3.59. The van der Waals surface area contributed by atoms with Gasteiger partial charge in [-0.2, -0.15) is 0 Å². The number of rotatable bonds is 3. The van der Waals surface area contributed by atoms with E-state index in [4.69, 9.17) is 5.73 Å². The number of benzene rings is 1. The third-order valence-corrected chi connectivity index (χ3v) is 8.89. The van der Waals surface area contributed by atoms with Crippen LogP contribution in [0.25, 0.3) is 10.9 Å². The number of nitrogens with two attached hydrogens (primary N) is 1. The zero-order valence-electron chi connectivity index (χ0n) is 17.6. The van der Waals surface area contributed by atoms with Crippen LogP contribution in [0, 0.1) is 5.41 Å². The second kappa shape index (κ2) is 7.43. The largest absolute Gasteiger partial charge is 0.368 e. The number of hydrogen-bond donors (Lipinski definition) is 2. The molecule has 1 saturated carbocycles. The Balaban J connectivity index is 1.47. The molecule has 3 aliphatic rings. The fourth-order valence-corrected chi connectivity index (χ4v) is 6.85. The maximum atomic E-state index is 11.9. The van der Waals surface area contributed by atoms with Crippen LogP contribution in [0.1, 0.15) is 61.6 Å². The summed E-state index contributed by atoms with van der Waals surface area (Å²) in [6.45, 7) is 3.34. The summed E-state index contributed by atoms with van der Waals surface area (Å²) in [6, 6.07) is 6.46. The molecule has 30 heavy (non-hydrogen) atoms. The first-order chi connectivity index (χ1) is 14.3. The van der Waals surface area contributed by atoms with Crippen molar-refractivity contribution in [3.8, 4) is 0 Å². The third-order valence-electron chi connectivity index (χ3n) is 7.59. The number of nitrogens with one attached hydrogen (secondary N) is 1. The maximum Gasteiger partial charge on any atom is 0.220 e. The fourth-order valence-electron chi connectivity index (χ4n) is 5.97. The van der Waals surface area contributed by atoms with Crippen molar-refractivity contribution < 1.29 is 8.42 Å². The van der Waals surface area contributed by atoms with Crippen LogP contribution < -0.4 is 11.1 Å². The molecule has 2 atom stereocenters. The first kappa shape index (κ1) is 20.2. The number of hydrogen-bond acceptors (Lipinski definition) is 6. The van der Waals surface area contributed by atoms with E-state index in [1.807, 2.05) is 0 Å². The molecule has 5 rings (SSSR count). The Morgan fingerprint density at radius 3 is 2.63 bits per heavy atom. The van der Waals surface area contributed by atoms with Crippen molar-refractivity contribution in [3.05, 3.63) is 29.5 Å². The Labute approximate surface area is 178 Å². The number of sulfonamides is 1. The Hall–Kier alpha value is -1.77. The van der Waals surface area contributed by atoms with E-state index in [9.17, 15) is 8.42 Å². The molecule has 1 aromatic carbocycles. The van der Waals surface area contributed by atoms with E-state index in [0.717, 1.165) is 42.5 Å². The van der Waals surface area contributed by atoms with Crippen LogP contribution in [0.4, 0.5) is 5.95 Å². The van der Waals surface area contributed by atoms with Crippen LogP contribution >= 0.6 is 0 Å². The van der Waals surface area contributed by atoms with Gasteiger partial charge in [0.1, 0.15) is 0 Å². The van der Waals surface area contributed by atoms with E-state index >= 15 is 0 Å². The molecule has 3 N–H and O–H groups in total. The lowest BCUT2D eigenvalue weighted by atomic mass is 9.83. The number of anilines is 1. The van der Waals surface area contributed by atoms with Gasteiger partial charge in [-0.15, -0.1) is 0 Å². The van der Waals surface area contributed by atoms with Crippen molar-refractivity contribution >= 4 is 26.9 Å². The predicted octanol–water partition coefficient (Wildman–Crippen LogP) is 2.60. The lowest BCUT2D eigenvalue weighted by Crippen LogP contribution is -2.37. The van der Waals surface area contributed by atoms with Crippen molar-refractivity contribution in [2.75, 3.05) is 38.2 Å². The molecule has 2 saturated heterocycles. The molecular weight excluding hydrogens is 398 g/mol. The minimum atomic E-state index is -3.14. The van der Waals surface area contributed by atoms with E-state index in [0.29, 0.717) is 30.4 Å². The molecule has 2 aliphatic heterocycles. The summed E-state index contributed by atoms with van der Waals surface area (Å²) in [4.78, 5) is 9.33. The van der Waals surface area contributed by atoms with Crippen LogP contribution in [0.15, 0.2) is 18.2 Å². The monoisotopic (exact) mass is 429 g/mol. The predicted molar refractivity (Wildman–Crippen MR) is 119 cm³/mol. The number of aromatic nitrogens is 2. The van der Waals surface area contributed by atoms with Crippen LogP contribution in [-0.2, 0) is 10.0 Å². The van der Waals surface area contributed by atoms with Crippen molar-refractivity contribution in [2.24, 2.45) is 5.41 Å². The highest BCUT2D eigenvalue weighted by atomic mass is 32.2. The summed E-state index contributed by atoms with van der Waals surface area (Å²) in [6.07, 6.45) is 7.78. The summed E-state index contributed by atoms with van der Waals surface area (Å²) < 4.78 is 25.3. The first-order valence-corrected chi connectivity index (χ1v) is 12.9. The molecule has 0 bridgehead atoms. The zero-order chi connectivity index (χ0) is 20.9. The molecular formula is C22H31N5O2S. The highest BCUT2D eigenvalue weighted by Gasteiger charge is 2.42. The van der Waals surface area contributed by atoms with E-state index in [1.54, 1.807) is 4.31 Å². The molecule has 1 aromatic heterocycles. The van der Waals surface area contributed by atoms with Gasteiger partial charge in [0, 0.05) is 30.9 Å². The minimum Gasteiger partial charge on any atom is -0.368 e. The molecule has 0 radical (unpaired) electrons. The zero-order valence-corrected chi connectivity index (χ0v) is 18.4. The summed E-state index contributed by atoms with van der Waals surface area (Å²) in [5.74, 6) is 1.05. The van der Waals surface area contributed by atoms with E-state index in [2.05, 4.69) is 33.5 Å². The standard InChI is InChI=1S/C22H31N5O2S/c1-30(28,29)27-11-6-15(7-12-27)19-18-4-2-3-17(20(18)26-21(23)25-19)16-5-8-22(13-16)9-10-24-14-22/h2-4,15-16,24H,5-14H2,1H3,(H2,23,25,26). The van der Waals surface area contributed by atoms with Gasteiger partial charge in [-0.1, -0.05) is 18.2 Å². The molecule has 1 spiro atoms. The lowest BCUT2D eigenvalue weighted by molar-refractivity contribution is 0.319. The van der Waals surface area contributed by atoms with Crippen LogP contribution in [0.5, 0.6) is 0 Å². The second-order valence-electron chi connectivity index (χ2n) is 9.51. The smallest absolute Gasteiger partial charge is 0.220 e. The van der Waals surface area contributed by atoms with Crippen molar-refractivity contribution in [1.82, 2.24) is 19.6 Å². The highest BCUT2D eigenvalue weighted by molar-refractivity contribution is 7.88. The van der Waals surface area contributed by atoms with Crippen molar-refractivity contribution in [2.45, 2.75) is 50.4 Å². The lowest BCUT2D eigenvalue weighted by Gasteiger charge is -2.30. The van der Waals surface area contributed by atoms with Gasteiger partial charge in [0.2, 0.25) is 16.0 Å². The second-order valence-corrected chi connectivity index (χ2v) is 11.5. The average molecular weight is 430 g/mol. The number of nitrogen functional groups attached to an aromatic ring is 1. The normalized spacial score (nSPS) is 28.6. The van der Waals surface area contributed by atoms with Gasteiger partial charge in [0.25, 0.3) is 0 Å². The maximum absolute atomic E-state index is 11.9. The van der Waals surface area contributed by atoms with Gasteiger partial charge in [-0.3, -0.25) is 0 Å². The molecule has 2 aromatic rings. The molecule has 3 fully saturated rings. The minimum absolute atomic E-state index is 0.208. The molecule has 1 aliphatic carbocycles. The van der Waals surface area contributed by atoms with Gasteiger partial charge in [0.05, 0.1) is 17.5 Å². The summed E-state index contributed by atoms with van der Waals surface area (Å²) in [5, 5.41) is 4.64. The van der Waals surface area contributed by atoms with Crippen LogP contribution in [0.2, 0.25) is 0 Å². The Morgan fingerprint density at radius 2 is 1.93 bits per heavy atom. The molecule has 8 heteroatoms. The molecule has 7 nitrogen and oxygen atoms in total. The fraction of sp³-hybridized carbons (Fsp3) is 0.636. The molecule has 0 amide bonds. The van der Waals surface area contributed by atoms with Gasteiger partial charge in [0.15, 0.2) is 0 Å². The van der Waals surface area contributed by atoms with E-state index in [-0.39, 0.29) is 5.92 Å². The van der Waals surface area contributed by atoms with Gasteiger partial charge in [-0.05, 0) is 62.0 Å². The van der Waals surface area contributed by atoms with Crippen LogP contribution in [-0.4, -0.2) is 55.1 Å². The summed E-state index contributed by atoms with van der Waals surface area (Å²) in [5.41, 5.74) is 9.92. The van der Waals surface area contributed by atoms with Gasteiger partial charge >= 0.3 is 0 Å². The topological polar surface area (TPSA) is 101 Å². The SMILES string of the molecule is CS(=O)(=O)N1CCC(c2nc(N)nc3c(C4CCC5(CCNC5)C4)cccc23)CC1. The Morgan fingerprint density at radius 1 is 1.13 bits per heavy atom. The Kier molecular flexibility index (Phi) is 4.99. The van der Waals surface area contributed by atoms with Gasteiger partial charge in [-0.25, -0.2) is 22.7 Å². The number of piperidine rings is 1. The summed E-state index contributed by atoms with van der Waals surface area (Å²) >= 11 is 0. The van der Waals surface area contributed by atoms with Crippen LogP contribution in [0.3, 0.4) is 0 Å². The average Bonchev–Trinajstić information content (AvgIpc) is 3.36. The molecule has 3 heterocycles. The number of fused-ring (bicyclic) bond motifs is 1. The summed E-state index contributed by atoms with van der Waals surface area (Å²) in [7, 11) is -3.14. The van der Waals surface area contributed by atoms with Crippen molar-refractivity contribution in [1.29, 1.82) is 0 Å². The number of para-hydroxylation sites is 1. The quantitative estimate of drug-likeness (QED) is 0.778.